The monoisotopic (exact) mass is 465 g/mol. The number of anilines is 1. The van der Waals surface area contributed by atoms with Crippen molar-refractivity contribution in [3.8, 4) is 5.75 Å². The van der Waals surface area contributed by atoms with E-state index in [0.717, 1.165) is 0 Å². The minimum Gasteiger partial charge on any atom is -0.484 e. The fraction of sp³-hybridized carbons (Fsp3) is 0.167. The van der Waals surface area contributed by atoms with Gasteiger partial charge < -0.3 is 20.7 Å². The van der Waals surface area contributed by atoms with Crippen molar-refractivity contribution in [2.24, 2.45) is 0 Å². The first-order valence-electron chi connectivity index (χ1n) is 10.2. The Bertz CT molecular complexity index is 1110. The van der Waals surface area contributed by atoms with Crippen LogP contribution < -0.4 is 20.7 Å². The highest BCUT2D eigenvalue weighted by atomic mass is 32.1. The van der Waals surface area contributed by atoms with E-state index in [1.54, 1.807) is 60.7 Å². The Morgan fingerprint density at radius 1 is 0.818 bits per heavy atom. The molecule has 0 atom stereocenters. The molecule has 1 aromatic heterocycles. The molecule has 1 heterocycles. The first kappa shape index (κ1) is 23.7. The van der Waals surface area contributed by atoms with Crippen molar-refractivity contribution in [3.05, 3.63) is 82.0 Å². The van der Waals surface area contributed by atoms with Crippen molar-refractivity contribution in [1.82, 2.24) is 10.6 Å². The molecule has 0 aliphatic carbocycles. The molecule has 170 valence electrons. The molecule has 0 aliphatic rings. The fourth-order valence-electron chi connectivity index (χ4n) is 2.79. The number of ether oxygens (including phenoxy) is 1. The highest BCUT2D eigenvalue weighted by molar-refractivity contribution is 7.12. The molecule has 3 aromatic rings. The number of ketones is 1. The van der Waals surface area contributed by atoms with Crippen LogP contribution in [0.15, 0.2) is 66.0 Å². The molecule has 0 saturated heterocycles. The van der Waals surface area contributed by atoms with Crippen LogP contribution >= 0.6 is 11.3 Å². The molecule has 0 fully saturated rings. The van der Waals surface area contributed by atoms with Crippen molar-refractivity contribution in [1.29, 1.82) is 0 Å². The van der Waals surface area contributed by atoms with Gasteiger partial charge in [0.15, 0.2) is 12.4 Å². The van der Waals surface area contributed by atoms with Crippen LogP contribution in [-0.2, 0) is 4.79 Å². The number of carbonyl (C=O) groups excluding carboxylic acids is 4. The molecule has 0 aliphatic heterocycles. The maximum atomic E-state index is 12.2. The lowest BCUT2D eigenvalue weighted by Gasteiger charge is -2.09. The summed E-state index contributed by atoms with van der Waals surface area (Å²) in [5, 5.41) is 9.98. The second kappa shape index (κ2) is 11.6. The summed E-state index contributed by atoms with van der Waals surface area (Å²) in [7, 11) is 0. The van der Waals surface area contributed by atoms with E-state index in [9.17, 15) is 19.2 Å². The Morgan fingerprint density at radius 3 is 2.06 bits per heavy atom. The molecule has 33 heavy (non-hydrogen) atoms. The summed E-state index contributed by atoms with van der Waals surface area (Å²) in [5.41, 5.74) is 1.52. The quantitative estimate of drug-likeness (QED) is 0.314. The predicted octanol–water partition coefficient (Wildman–Crippen LogP) is 3.13. The summed E-state index contributed by atoms with van der Waals surface area (Å²) in [6.45, 7) is 1.89. The molecule has 9 heteroatoms. The van der Waals surface area contributed by atoms with E-state index in [1.807, 2.05) is 5.38 Å². The number of hydrogen-bond donors (Lipinski definition) is 3. The second-order valence-electron chi connectivity index (χ2n) is 6.98. The summed E-state index contributed by atoms with van der Waals surface area (Å²) in [6.07, 6.45) is 0. The minimum atomic E-state index is -0.357. The van der Waals surface area contributed by atoms with Gasteiger partial charge in [-0.05, 0) is 66.9 Å². The summed E-state index contributed by atoms with van der Waals surface area (Å²) < 4.78 is 5.42. The maximum Gasteiger partial charge on any atom is 0.262 e. The van der Waals surface area contributed by atoms with Gasteiger partial charge in [-0.3, -0.25) is 19.2 Å². The standard InChI is InChI=1S/C24H23N3O5S/c1-16(28)17-6-10-20(11-7-17)32-15-22(29)27-19-8-4-18(5-9-19)23(30)25-12-13-26-24(31)21-3-2-14-33-21/h2-11,14H,12-13,15H2,1H3,(H,25,30)(H,26,31)(H,27,29). The summed E-state index contributed by atoms with van der Waals surface area (Å²) >= 11 is 1.35. The largest absolute Gasteiger partial charge is 0.484 e. The first-order valence-corrected chi connectivity index (χ1v) is 11.0. The van der Waals surface area contributed by atoms with Crippen LogP contribution in [0, 0.1) is 0 Å². The third-order valence-corrected chi connectivity index (χ3v) is 5.37. The van der Waals surface area contributed by atoms with E-state index in [0.29, 0.717) is 40.5 Å². The van der Waals surface area contributed by atoms with Crippen molar-refractivity contribution in [2.45, 2.75) is 6.92 Å². The number of rotatable bonds is 10. The number of amides is 3. The second-order valence-corrected chi connectivity index (χ2v) is 7.93. The van der Waals surface area contributed by atoms with Gasteiger partial charge in [-0.25, -0.2) is 0 Å². The lowest BCUT2D eigenvalue weighted by molar-refractivity contribution is -0.118. The fourth-order valence-corrected chi connectivity index (χ4v) is 3.43. The summed E-state index contributed by atoms with van der Waals surface area (Å²) in [5.74, 6) is -0.373. The van der Waals surface area contributed by atoms with E-state index in [2.05, 4.69) is 16.0 Å². The molecule has 0 radical (unpaired) electrons. The molecule has 3 N–H and O–H groups in total. The topological polar surface area (TPSA) is 114 Å². The zero-order chi connectivity index (χ0) is 23.6. The first-order chi connectivity index (χ1) is 15.9. The average Bonchev–Trinajstić information content (AvgIpc) is 3.36. The van der Waals surface area contributed by atoms with Gasteiger partial charge in [0.25, 0.3) is 17.7 Å². The van der Waals surface area contributed by atoms with Crippen LogP contribution in [0.4, 0.5) is 5.69 Å². The molecule has 2 aromatic carbocycles. The number of hydrogen-bond acceptors (Lipinski definition) is 6. The van der Waals surface area contributed by atoms with Gasteiger partial charge in [0, 0.05) is 29.9 Å². The normalized spacial score (nSPS) is 10.2. The average molecular weight is 466 g/mol. The van der Waals surface area contributed by atoms with E-state index < -0.39 is 0 Å². The summed E-state index contributed by atoms with van der Waals surface area (Å²) in [6, 6.07) is 16.5. The summed E-state index contributed by atoms with van der Waals surface area (Å²) in [4.78, 5) is 48.1. The SMILES string of the molecule is CC(=O)c1ccc(OCC(=O)Nc2ccc(C(=O)NCCNC(=O)c3cccs3)cc2)cc1. The van der Waals surface area contributed by atoms with Crippen molar-refractivity contribution in [3.63, 3.8) is 0 Å². The van der Waals surface area contributed by atoms with Gasteiger partial charge in [0.2, 0.25) is 0 Å². The van der Waals surface area contributed by atoms with E-state index in [-0.39, 0.29) is 30.1 Å². The van der Waals surface area contributed by atoms with E-state index in [1.165, 1.54) is 18.3 Å². The smallest absolute Gasteiger partial charge is 0.262 e. The van der Waals surface area contributed by atoms with Crippen molar-refractivity contribution in [2.75, 3.05) is 25.0 Å². The van der Waals surface area contributed by atoms with Gasteiger partial charge in [0.05, 0.1) is 4.88 Å². The van der Waals surface area contributed by atoms with Crippen LogP contribution in [0.3, 0.4) is 0 Å². The number of thiophene rings is 1. The van der Waals surface area contributed by atoms with Crippen molar-refractivity contribution < 1.29 is 23.9 Å². The Balaban J connectivity index is 1.38. The number of Topliss-reactive ketones (excluding diaryl/α,β-unsaturated/α-hetero) is 1. The molecular formula is C24H23N3O5S. The molecule has 8 nitrogen and oxygen atoms in total. The minimum absolute atomic E-state index is 0.0441. The molecule has 0 bridgehead atoms. The molecule has 0 spiro atoms. The van der Waals surface area contributed by atoms with E-state index >= 15 is 0 Å². The number of nitrogens with one attached hydrogen (secondary N) is 3. The zero-order valence-electron chi connectivity index (χ0n) is 17.9. The third-order valence-electron chi connectivity index (χ3n) is 4.50. The lowest BCUT2D eigenvalue weighted by Crippen LogP contribution is -2.34. The predicted molar refractivity (Wildman–Crippen MR) is 126 cm³/mol. The van der Waals surface area contributed by atoms with Crippen LogP contribution in [0.2, 0.25) is 0 Å². The highest BCUT2D eigenvalue weighted by Gasteiger charge is 2.09. The molecular weight excluding hydrogens is 442 g/mol. The molecule has 3 amide bonds. The van der Waals surface area contributed by atoms with E-state index in [4.69, 9.17) is 4.74 Å². The van der Waals surface area contributed by atoms with Crippen molar-refractivity contribution >= 4 is 40.5 Å². The Morgan fingerprint density at radius 2 is 1.45 bits per heavy atom. The number of benzene rings is 2. The Labute approximate surface area is 195 Å². The zero-order valence-corrected chi connectivity index (χ0v) is 18.7. The van der Waals surface area contributed by atoms with Crippen LogP contribution in [0.1, 0.15) is 37.3 Å². The van der Waals surface area contributed by atoms with Crippen LogP contribution in [0.25, 0.3) is 0 Å². The highest BCUT2D eigenvalue weighted by Crippen LogP contribution is 2.13. The maximum absolute atomic E-state index is 12.2. The van der Waals surface area contributed by atoms with Gasteiger partial charge in [-0.1, -0.05) is 6.07 Å². The van der Waals surface area contributed by atoms with Gasteiger partial charge in [-0.15, -0.1) is 11.3 Å². The third kappa shape index (κ3) is 7.29. The lowest BCUT2D eigenvalue weighted by atomic mass is 10.1. The molecule has 0 saturated carbocycles. The van der Waals surface area contributed by atoms with Gasteiger partial charge in [-0.2, -0.15) is 0 Å². The molecule has 0 unspecified atom stereocenters. The Hall–Kier alpha value is -3.98. The van der Waals surface area contributed by atoms with Crippen LogP contribution in [0.5, 0.6) is 5.75 Å². The Kier molecular flexibility index (Phi) is 8.31. The van der Waals surface area contributed by atoms with Crippen LogP contribution in [-0.4, -0.2) is 43.2 Å². The molecule has 3 rings (SSSR count). The van der Waals surface area contributed by atoms with Gasteiger partial charge in [0.1, 0.15) is 5.75 Å². The number of carbonyl (C=O) groups is 4. The van der Waals surface area contributed by atoms with Gasteiger partial charge >= 0.3 is 0 Å².